The largest absolute Gasteiger partial charge is 0.349 e. The molecule has 86 valence electrons. The summed E-state index contributed by atoms with van der Waals surface area (Å²) in [6, 6.07) is 2.66. The molecule has 0 spiro atoms. The van der Waals surface area contributed by atoms with Gasteiger partial charge < -0.3 is 10.3 Å². The van der Waals surface area contributed by atoms with Crippen molar-refractivity contribution >= 4 is 5.91 Å². The number of carbonyl (C=O) groups is 1. The number of alkyl halides is 1. The van der Waals surface area contributed by atoms with Crippen LogP contribution in [0.15, 0.2) is 23.1 Å². The highest BCUT2D eigenvalue weighted by atomic mass is 19.1. The Balaban J connectivity index is 1.98. The molecule has 16 heavy (non-hydrogen) atoms. The van der Waals surface area contributed by atoms with Crippen molar-refractivity contribution in [3.05, 3.63) is 34.2 Å². The number of pyridine rings is 1. The van der Waals surface area contributed by atoms with Gasteiger partial charge in [0.2, 0.25) is 5.56 Å². The van der Waals surface area contributed by atoms with Gasteiger partial charge in [-0.15, -0.1) is 0 Å². The quantitative estimate of drug-likeness (QED) is 0.787. The molecular formula is C11H13FN2O2. The zero-order valence-corrected chi connectivity index (χ0v) is 8.70. The van der Waals surface area contributed by atoms with Gasteiger partial charge in [0.05, 0.1) is 5.56 Å². The Morgan fingerprint density at radius 2 is 2.25 bits per heavy atom. The normalized spacial score (nSPS) is 24.3. The molecule has 1 aromatic rings. The molecule has 0 saturated heterocycles. The first kappa shape index (κ1) is 10.9. The van der Waals surface area contributed by atoms with Crippen molar-refractivity contribution in [2.45, 2.75) is 31.5 Å². The van der Waals surface area contributed by atoms with E-state index in [0.29, 0.717) is 24.8 Å². The average molecular weight is 224 g/mol. The summed E-state index contributed by atoms with van der Waals surface area (Å²) in [5.74, 6) is -0.268. The SMILES string of the molecule is O=C(N[C@H]1CC[C@@H](F)C1)c1ccc(=O)[nH]c1. The molecule has 0 aliphatic heterocycles. The minimum absolute atomic E-state index is 0.0885. The predicted octanol–water partition coefficient (Wildman–Crippen LogP) is 0.995. The Labute approximate surface area is 91.9 Å². The molecule has 1 aliphatic rings. The average Bonchev–Trinajstić information content (AvgIpc) is 2.65. The second-order valence-corrected chi connectivity index (χ2v) is 4.02. The Morgan fingerprint density at radius 3 is 2.81 bits per heavy atom. The first-order valence-corrected chi connectivity index (χ1v) is 5.29. The van der Waals surface area contributed by atoms with Crippen LogP contribution in [-0.4, -0.2) is 23.1 Å². The second-order valence-electron chi connectivity index (χ2n) is 4.02. The third kappa shape index (κ3) is 2.48. The number of nitrogens with one attached hydrogen (secondary N) is 2. The summed E-state index contributed by atoms with van der Waals surface area (Å²) in [4.78, 5) is 24.9. The van der Waals surface area contributed by atoms with Crippen LogP contribution >= 0.6 is 0 Å². The fourth-order valence-electron chi connectivity index (χ4n) is 1.88. The zero-order valence-electron chi connectivity index (χ0n) is 8.70. The van der Waals surface area contributed by atoms with Crippen LogP contribution in [0.25, 0.3) is 0 Å². The Bertz CT molecular complexity index is 423. The van der Waals surface area contributed by atoms with E-state index < -0.39 is 6.17 Å². The lowest BCUT2D eigenvalue weighted by molar-refractivity contribution is 0.0936. The van der Waals surface area contributed by atoms with Gasteiger partial charge in [-0.25, -0.2) is 4.39 Å². The van der Waals surface area contributed by atoms with E-state index in [0.717, 1.165) is 0 Å². The van der Waals surface area contributed by atoms with E-state index in [1.165, 1.54) is 18.3 Å². The van der Waals surface area contributed by atoms with Gasteiger partial charge in [-0.3, -0.25) is 9.59 Å². The van der Waals surface area contributed by atoms with Crippen LogP contribution in [0.5, 0.6) is 0 Å². The maximum absolute atomic E-state index is 12.9. The molecule has 1 saturated carbocycles. The maximum Gasteiger partial charge on any atom is 0.252 e. The molecule has 1 aromatic heterocycles. The number of hydrogen-bond donors (Lipinski definition) is 2. The molecule has 0 radical (unpaired) electrons. The number of halogens is 1. The fraction of sp³-hybridized carbons (Fsp3) is 0.455. The minimum Gasteiger partial charge on any atom is -0.349 e. The van der Waals surface area contributed by atoms with Crippen molar-refractivity contribution in [3.63, 3.8) is 0 Å². The number of rotatable bonds is 2. The third-order valence-corrected chi connectivity index (χ3v) is 2.75. The molecule has 1 amide bonds. The summed E-state index contributed by atoms with van der Waals surface area (Å²) >= 11 is 0. The number of aromatic nitrogens is 1. The van der Waals surface area contributed by atoms with Crippen molar-refractivity contribution in [3.8, 4) is 0 Å². The topological polar surface area (TPSA) is 62.0 Å². The van der Waals surface area contributed by atoms with Gasteiger partial charge in [0.25, 0.3) is 5.91 Å². The van der Waals surface area contributed by atoms with E-state index in [-0.39, 0.29) is 17.5 Å². The van der Waals surface area contributed by atoms with Crippen molar-refractivity contribution in [2.75, 3.05) is 0 Å². The molecule has 2 N–H and O–H groups in total. The van der Waals surface area contributed by atoms with Crippen molar-refractivity contribution in [1.82, 2.24) is 10.3 Å². The number of carbonyl (C=O) groups excluding carboxylic acids is 1. The lowest BCUT2D eigenvalue weighted by Gasteiger charge is -2.11. The summed E-state index contributed by atoms with van der Waals surface area (Å²) < 4.78 is 12.9. The van der Waals surface area contributed by atoms with Crippen molar-refractivity contribution in [2.24, 2.45) is 0 Å². The molecule has 5 heteroatoms. The Morgan fingerprint density at radius 1 is 1.44 bits per heavy atom. The summed E-state index contributed by atoms with van der Waals surface area (Å²) in [7, 11) is 0. The van der Waals surface area contributed by atoms with E-state index in [9.17, 15) is 14.0 Å². The zero-order chi connectivity index (χ0) is 11.5. The van der Waals surface area contributed by atoms with Crippen LogP contribution in [-0.2, 0) is 0 Å². The van der Waals surface area contributed by atoms with E-state index in [4.69, 9.17) is 0 Å². The summed E-state index contributed by atoms with van der Waals surface area (Å²) in [5, 5.41) is 2.74. The number of hydrogen-bond acceptors (Lipinski definition) is 2. The van der Waals surface area contributed by atoms with Gasteiger partial charge in [0, 0.05) is 18.3 Å². The highest BCUT2D eigenvalue weighted by Gasteiger charge is 2.25. The Hall–Kier alpha value is -1.65. The maximum atomic E-state index is 12.9. The van der Waals surface area contributed by atoms with Gasteiger partial charge in [-0.05, 0) is 25.3 Å². The highest BCUT2D eigenvalue weighted by Crippen LogP contribution is 2.21. The number of H-pyrrole nitrogens is 1. The standard InChI is InChI=1S/C11H13FN2O2/c12-8-2-3-9(5-8)14-11(16)7-1-4-10(15)13-6-7/h1,4,6,8-9H,2-3,5H2,(H,13,15)(H,14,16)/t8-,9+/m1/s1. The van der Waals surface area contributed by atoms with Crippen LogP contribution < -0.4 is 10.9 Å². The van der Waals surface area contributed by atoms with Gasteiger partial charge >= 0.3 is 0 Å². The van der Waals surface area contributed by atoms with Gasteiger partial charge in [0.1, 0.15) is 6.17 Å². The van der Waals surface area contributed by atoms with Crippen molar-refractivity contribution in [1.29, 1.82) is 0 Å². The monoisotopic (exact) mass is 224 g/mol. The molecule has 1 heterocycles. The first-order valence-electron chi connectivity index (χ1n) is 5.29. The smallest absolute Gasteiger partial charge is 0.252 e. The second kappa shape index (κ2) is 4.47. The van der Waals surface area contributed by atoms with Gasteiger partial charge in [-0.1, -0.05) is 0 Å². The van der Waals surface area contributed by atoms with Crippen LogP contribution in [0.1, 0.15) is 29.6 Å². The van der Waals surface area contributed by atoms with Crippen LogP contribution in [0.2, 0.25) is 0 Å². The van der Waals surface area contributed by atoms with E-state index in [2.05, 4.69) is 10.3 Å². The molecule has 4 nitrogen and oxygen atoms in total. The van der Waals surface area contributed by atoms with Crippen LogP contribution in [0.4, 0.5) is 4.39 Å². The third-order valence-electron chi connectivity index (χ3n) is 2.75. The lowest BCUT2D eigenvalue weighted by atomic mass is 10.2. The van der Waals surface area contributed by atoms with E-state index >= 15 is 0 Å². The number of amides is 1. The first-order chi connectivity index (χ1) is 7.65. The van der Waals surface area contributed by atoms with Crippen LogP contribution in [0, 0.1) is 0 Å². The van der Waals surface area contributed by atoms with Crippen molar-refractivity contribution < 1.29 is 9.18 Å². The minimum atomic E-state index is -0.805. The fourth-order valence-corrected chi connectivity index (χ4v) is 1.88. The molecule has 2 rings (SSSR count). The molecule has 2 atom stereocenters. The molecule has 0 unspecified atom stereocenters. The molecular weight excluding hydrogens is 211 g/mol. The number of aromatic amines is 1. The summed E-state index contributed by atoms with van der Waals surface area (Å²) in [6.07, 6.45) is 2.13. The van der Waals surface area contributed by atoms with Gasteiger partial charge in [0.15, 0.2) is 0 Å². The molecule has 0 bridgehead atoms. The molecule has 1 aliphatic carbocycles. The molecule has 1 fully saturated rings. The molecule has 0 aromatic carbocycles. The van der Waals surface area contributed by atoms with E-state index in [1.807, 2.05) is 0 Å². The summed E-state index contributed by atoms with van der Waals surface area (Å²) in [5.41, 5.74) is 0.142. The lowest BCUT2D eigenvalue weighted by Crippen LogP contribution is -2.33. The van der Waals surface area contributed by atoms with Gasteiger partial charge in [-0.2, -0.15) is 0 Å². The predicted molar refractivity (Wildman–Crippen MR) is 57.1 cm³/mol. The van der Waals surface area contributed by atoms with Crippen LogP contribution in [0.3, 0.4) is 0 Å². The highest BCUT2D eigenvalue weighted by molar-refractivity contribution is 5.94. The Kier molecular flexibility index (Phi) is 3.03. The summed E-state index contributed by atoms with van der Waals surface area (Å²) in [6.45, 7) is 0. The van der Waals surface area contributed by atoms with E-state index in [1.54, 1.807) is 0 Å².